The standard InChI is InChI=1S/C17H23N3O/c1-3-9-18-11-14-12-19-20(17(14)13-7-8-13)15-5-4-6-16(10-15)21-2/h4-6,10,12-13,18H,3,7-9,11H2,1-2H3. The van der Waals surface area contributed by atoms with Crippen LogP contribution in [-0.4, -0.2) is 23.4 Å². The zero-order chi connectivity index (χ0) is 14.7. The van der Waals surface area contributed by atoms with Gasteiger partial charge in [0.05, 0.1) is 24.7 Å². The van der Waals surface area contributed by atoms with Crippen LogP contribution in [-0.2, 0) is 6.54 Å². The minimum Gasteiger partial charge on any atom is -0.497 e. The van der Waals surface area contributed by atoms with Gasteiger partial charge < -0.3 is 10.1 Å². The first-order chi connectivity index (χ1) is 10.3. The quantitative estimate of drug-likeness (QED) is 0.794. The molecule has 0 radical (unpaired) electrons. The lowest BCUT2D eigenvalue weighted by Gasteiger charge is -2.10. The first-order valence-electron chi connectivity index (χ1n) is 7.75. The van der Waals surface area contributed by atoms with Gasteiger partial charge >= 0.3 is 0 Å². The lowest BCUT2D eigenvalue weighted by molar-refractivity contribution is 0.414. The van der Waals surface area contributed by atoms with Crippen LogP contribution in [0, 0.1) is 0 Å². The van der Waals surface area contributed by atoms with Crippen molar-refractivity contribution < 1.29 is 4.74 Å². The Morgan fingerprint density at radius 1 is 1.38 bits per heavy atom. The highest BCUT2D eigenvalue weighted by molar-refractivity contribution is 5.42. The fourth-order valence-electron chi connectivity index (χ4n) is 2.67. The summed E-state index contributed by atoms with van der Waals surface area (Å²) in [4.78, 5) is 0. The van der Waals surface area contributed by atoms with Gasteiger partial charge in [-0.2, -0.15) is 5.10 Å². The average molecular weight is 285 g/mol. The van der Waals surface area contributed by atoms with Crippen molar-refractivity contribution in [1.29, 1.82) is 0 Å². The van der Waals surface area contributed by atoms with Crippen molar-refractivity contribution in [2.45, 2.75) is 38.6 Å². The van der Waals surface area contributed by atoms with E-state index in [1.165, 1.54) is 24.1 Å². The molecule has 2 aromatic rings. The van der Waals surface area contributed by atoms with Crippen molar-refractivity contribution in [3.8, 4) is 11.4 Å². The maximum absolute atomic E-state index is 5.33. The van der Waals surface area contributed by atoms with E-state index in [9.17, 15) is 0 Å². The molecule has 0 bridgehead atoms. The number of methoxy groups -OCH3 is 1. The molecule has 0 spiro atoms. The van der Waals surface area contributed by atoms with E-state index in [0.29, 0.717) is 5.92 Å². The number of nitrogens with one attached hydrogen (secondary N) is 1. The Hall–Kier alpha value is -1.81. The van der Waals surface area contributed by atoms with Crippen LogP contribution in [0.3, 0.4) is 0 Å². The first-order valence-corrected chi connectivity index (χ1v) is 7.75. The molecule has 1 aromatic heterocycles. The number of aromatic nitrogens is 2. The summed E-state index contributed by atoms with van der Waals surface area (Å²) < 4.78 is 7.41. The summed E-state index contributed by atoms with van der Waals surface area (Å²) in [6.45, 7) is 4.15. The second kappa shape index (κ2) is 6.31. The summed E-state index contributed by atoms with van der Waals surface area (Å²) >= 11 is 0. The van der Waals surface area contributed by atoms with Gasteiger partial charge in [0.1, 0.15) is 5.75 Å². The van der Waals surface area contributed by atoms with Gasteiger partial charge in [0.15, 0.2) is 0 Å². The Labute approximate surface area is 126 Å². The van der Waals surface area contributed by atoms with Gasteiger partial charge in [0.2, 0.25) is 0 Å². The summed E-state index contributed by atoms with van der Waals surface area (Å²) in [5.74, 6) is 1.53. The Morgan fingerprint density at radius 2 is 2.24 bits per heavy atom. The normalized spacial score (nSPS) is 14.4. The molecule has 4 heteroatoms. The lowest BCUT2D eigenvalue weighted by atomic mass is 10.1. The first kappa shape index (κ1) is 14.1. The van der Waals surface area contributed by atoms with Gasteiger partial charge in [0.25, 0.3) is 0 Å². The number of rotatable bonds is 7. The molecule has 1 saturated carbocycles. The molecular formula is C17H23N3O. The van der Waals surface area contributed by atoms with Crippen LogP contribution < -0.4 is 10.1 Å². The molecule has 0 aliphatic heterocycles. The topological polar surface area (TPSA) is 39.1 Å². The van der Waals surface area contributed by atoms with Crippen LogP contribution in [0.15, 0.2) is 30.5 Å². The van der Waals surface area contributed by atoms with Gasteiger partial charge in [-0.1, -0.05) is 13.0 Å². The van der Waals surface area contributed by atoms with Gasteiger partial charge in [-0.15, -0.1) is 0 Å². The molecule has 4 nitrogen and oxygen atoms in total. The summed E-state index contributed by atoms with van der Waals surface area (Å²) in [5, 5.41) is 8.11. The van der Waals surface area contributed by atoms with Crippen LogP contribution in [0.1, 0.15) is 43.4 Å². The van der Waals surface area contributed by atoms with E-state index >= 15 is 0 Å². The highest BCUT2D eigenvalue weighted by atomic mass is 16.5. The highest BCUT2D eigenvalue weighted by Gasteiger charge is 2.30. The van der Waals surface area contributed by atoms with Crippen LogP contribution >= 0.6 is 0 Å². The smallest absolute Gasteiger partial charge is 0.121 e. The van der Waals surface area contributed by atoms with Crippen LogP contribution in [0.4, 0.5) is 0 Å². The largest absolute Gasteiger partial charge is 0.497 e. The van der Waals surface area contributed by atoms with Crippen molar-refractivity contribution in [1.82, 2.24) is 15.1 Å². The minimum absolute atomic E-state index is 0.664. The summed E-state index contributed by atoms with van der Waals surface area (Å²) in [6.07, 6.45) is 5.71. The predicted octanol–water partition coefficient (Wildman–Crippen LogP) is 3.26. The summed E-state index contributed by atoms with van der Waals surface area (Å²) in [7, 11) is 1.70. The van der Waals surface area contributed by atoms with Crippen molar-refractivity contribution in [3.05, 3.63) is 41.7 Å². The third-order valence-electron chi connectivity index (χ3n) is 3.89. The molecule has 1 N–H and O–H groups in total. The van der Waals surface area contributed by atoms with Crippen molar-refractivity contribution in [2.75, 3.05) is 13.7 Å². The number of hydrogen-bond donors (Lipinski definition) is 1. The molecular weight excluding hydrogens is 262 g/mol. The van der Waals surface area contributed by atoms with Crippen molar-refractivity contribution in [2.24, 2.45) is 0 Å². The molecule has 21 heavy (non-hydrogen) atoms. The zero-order valence-corrected chi connectivity index (χ0v) is 12.8. The Kier molecular flexibility index (Phi) is 4.25. The molecule has 1 fully saturated rings. The number of ether oxygens (including phenoxy) is 1. The Bertz CT molecular complexity index is 602. The third-order valence-corrected chi connectivity index (χ3v) is 3.89. The van der Waals surface area contributed by atoms with E-state index in [1.807, 2.05) is 24.4 Å². The molecule has 112 valence electrons. The predicted molar refractivity (Wildman–Crippen MR) is 84.1 cm³/mol. The molecule has 0 saturated heterocycles. The fraction of sp³-hybridized carbons (Fsp3) is 0.471. The van der Waals surface area contributed by atoms with Crippen LogP contribution in [0.2, 0.25) is 0 Å². The van der Waals surface area contributed by atoms with E-state index < -0.39 is 0 Å². The molecule has 0 amide bonds. The molecule has 0 atom stereocenters. The van der Waals surface area contributed by atoms with Crippen molar-refractivity contribution in [3.63, 3.8) is 0 Å². The average Bonchev–Trinajstić information content (AvgIpc) is 3.28. The zero-order valence-electron chi connectivity index (χ0n) is 12.8. The lowest BCUT2D eigenvalue weighted by Crippen LogP contribution is -2.15. The van der Waals surface area contributed by atoms with Crippen LogP contribution in [0.5, 0.6) is 5.75 Å². The van der Waals surface area contributed by atoms with E-state index in [1.54, 1.807) is 7.11 Å². The molecule has 3 rings (SSSR count). The molecule has 1 aliphatic carbocycles. The third kappa shape index (κ3) is 3.10. The second-order valence-electron chi connectivity index (χ2n) is 5.62. The number of nitrogens with zero attached hydrogens (tertiary/aromatic N) is 2. The molecule has 0 unspecified atom stereocenters. The number of hydrogen-bond acceptors (Lipinski definition) is 3. The van der Waals surface area contributed by atoms with Crippen molar-refractivity contribution >= 4 is 0 Å². The monoisotopic (exact) mass is 285 g/mol. The van der Waals surface area contributed by atoms with E-state index in [2.05, 4.69) is 28.1 Å². The van der Waals surface area contributed by atoms with Crippen LogP contribution in [0.25, 0.3) is 5.69 Å². The van der Waals surface area contributed by atoms with Gasteiger partial charge in [-0.05, 0) is 37.9 Å². The van der Waals surface area contributed by atoms with E-state index in [0.717, 1.165) is 30.9 Å². The highest BCUT2D eigenvalue weighted by Crippen LogP contribution is 2.42. The summed E-state index contributed by atoms with van der Waals surface area (Å²) in [5.41, 5.74) is 3.78. The maximum Gasteiger partial charge on any atom is 0.121 e. The van der Waals surface area contributed by atoms with Gasteiger partial charge in [0, 0.05) is 24.1 Å². The maximum atomic E-state index is 5.33. The summed E-state index contributed by atoms with van der Waals surface area (Å²) in [6, 6.07) is 8.11. The second-order valence-corrected chi connectivity index (χ2v) is 5.62. The Morgan fingerprint density at radius 3 is 2.95 bits per heavy atom. The van der Waals surface area contributed by atoms with E-state index in [-0.39, 0.29) is 0 Å². The fourth-order valence-corrected chi connectivity index (χ4v) is 2.67. The number of benzene rings is 1. The molecule has 1 heterocycles. The molecule has 1 aliphatic rings. The van der Waals surface area contributed by atoms with Gasteiger partial charge in [-0.3, -0.25) is 0 Å². The Balaban J connectivity index is 1.90. The van der Waals surface area contributed by atoms with Gasteiger partial charge in [-0.25, -0.2) is 4.68 Å². The SMILES string of the molecule is CCCNCc1cnn(-c2cccc(OC)c2)c1C1CC1. The minimum atomic E-state index is 0.664. The van der Waals surface area contributed by atoms with E-state index in [4.69, 9.17) is 4.74 Å². The molecule has 1 aromatic carbocycles.